The number of benzene rings is 1. The summed E-state index contributed by atoms with van der Waals surface area (Å²) in [7, 11) is 1.84. The number of hydrogen-bond acceptors (Lipinski definition) is 4. The number of rotatable bonds is 5. The van der Waals surface area contributed by atoms with E-state index in [4.69, 9.17) is 4.74 Å². The Balaban J connectivity index is 1.47. The number of ether oxygens (including phenoxy) is 1. The van der Waals surface area contributed by atoms with E-state index < -0.39 is 29.6 Å². The molecule has 0 aliphatic carbocycles. The molecule has 5 atom stereocenters. The molecule has 156 valence electrons. The van der Waals surface area contributed by atoms with E-state index in [1.807, 2.05) is 30.7 Å². The first-order valence-electron chi connectivity index (χ1n) is 10.1. The maximum Gasteiger partial charge on any atom is 0.230 e. The molecule has 1 N–H and O–H groups in total. The van der Waals surface area contributed by atoms with Crippen LogP contribution < -0.4 is 5.32 Å². The third-order valence-electron chi connectivity index (χ3n) is 6.47. The smallest absolute Gasteiger partial charge is 0.230 e. The largest absolute Gasteiger partial charge is 0.360 e. The fraction of sp³-hybridized carbons (Fsp3) is 0.409. The van der Waals surface area contributed by atoms with E-state index in [-0.39, 0.29) is 17.6 Å². The van der Waals surface area contributed by atoms with Gasteiger partial charge in [-0.2, -0.15) is 0 Å². The first kappa shape index (κ1) is 19.0. The van der Waals surface area contributed by atoms with Crippen molar-refractivity contribution < 1.29 is 18.7 Å². The second kappa shape index (κ2) is 6.77. The average molecular weight is 410 g/mol. The fourth-order valence-corrected chi connectivity index (χ4v) is 4.99. The molecule has 30 heavy (non-hydrogen) atoms. The van der Waals surface area contributed by atoms with Gasteiger partial charge in [0.1, 0.15) is 23.3 Å². The Morgan fingerprint density at radius 1 is 1.40 bits per heavy atom. The lowest BCUT2D eigenvalue weighted by Crippen LogP contribution is -2.45. The normalized spacial score (nSPS) is 30.0. The van der Waals surface area contributed by atoms with Crippen LogP contribution in [0.2, 0.25) is 0 Å². The zero-order chi connectivity index (χ0) is 21.0. The number of carbonyl (C=O) groups excluding carboxylic acids is 2. The number of fused-ring (bicyclic) bond motifs is 1. The highest BCUT2D eigenvalue weighted by molar-refractivity contribution is 5.93. The minimum absolute atomic E-state index is 0.0418. The van der Waals surface area contributed by atoms with Gasteiger partial charge in [0, 0.05) is 26.0 Å². The summed E-state index contributed by atoms with van der Waals surface area (Å²) in [6.07, 6.45) is 6.84. The predicted molar refractivity (Wildman–Crippen MR) is 106 cm³/mol. The maximum absolute atomic E-state index is 13.5. The van der Waals surface area contributed by atoms with Gasteiger partial charge in [0.05, 0.1) is 24.5 Å². The van der Waals surface area contributed by atoms with Gasteiger partial charge in [0.2, 0.25) is 11.8 Å². The van der Waals surface area contributed by atoms with Crippen molar-refractivity contribution in [1.82, 2.24) is 19.8 Å². The number of aromatic nitrogens is 2. The van der Waals surface area contributed by atoms with E-state index in [1.165, 1.54) is 12.1 Å². The van der Waals surface area contributed by atoms with Crippen molar-refractivity contribution in [3.63, 3.8) is 0 Å². The molecule has 2 amide bonds. The SMILES string of the molecule is CCN1C[C@@]23C=C[C@@H](O2)[C@H](C(=O)N[C@@H](c2ccc(F)cc2)c2nccn2C)[C@@H]3C1=O. The number of halogens is 1. The van der Waals surface area contributed by atoms with Gasteiger partial charge in [-0.3, -0.25) is 9.59 Å². The third-order valence-corrected chi connectivity index (χ3v) is 6.47. The van der Waals surface area contributed by atoms with Crippen molar-refractivity contribution in [2.24, 2.45) is 18.9 Å². The molecule has 2 fully saturated rings. The van der Waals surface area contributed by atoms with Gasteiger partial charge < -0.3 is 19.5 Å². The Kier molecular flexibility index (Phi) is 4.28. The van der Waals surface area contributed by atoms with Crippen molar-refractivity contribution in [2.45, 2.75) is 24.7 Å². The van der Waals surface area contributed by atoms with Gasteiger partial charge in [-0.25, -0.2) is 9.37 Å². The summed E-state index contributed by atoms with van der Waals surface area (Å²) in [6.45, 7) is 2.98. The van der Waals surface area contributed by atoms with Crippen LogP contribution in [0.5, 0.6) is 0 Å². The van der Waals surface area contributed by atoms with E-state index in [2.05, 4.69) is 10.3 Å². The molecule has 0 saturated carbocycles. The lowest BCUT2D eigenvalue weighted by molar-refractivity contribution is -0.137. The lowest BCUT2D eigenvalue weighted by atomic mass is 9.76. The minimum atomic E-state index is -0.714. The summed E-state index contributed by atoms with van der Waals surface area (Å²) in [5.74, 6) is -1.17. The van der Waals surface area contributed by atoms with Gasteiger partial charge in [0.15, 0.2) is 0 Å². The summed E-state index contributed by atoms with van der Waals surface area (Å²) >= 11 is 0. The molecule has 0 unspecified atom stereocenters. The Hall–Kier alpha value is -3.00. The highest BCUT2D eigenvalue weighted by Gasteiger charge is 2.66. The first-order valence-corrected chi connectivity index (χ1v) is 10.1. The fourth-order valence-electron chi connectivity index (χ4n) is 4.99. The number of imidazole rings is 1. The van der Waals surface area contributed by atoms with Crippen molar-refractivity contribution in [2.75, 3.05) is 13.1 Å². The van der Waals surface area contributed by atoms with Gasteiger partial charge in [-0.15, -0.1) is 0 Å². The van der Waals surface area contributed by atoms with Crippen molar-refractivity contribution >= 4 is 11.8 Å². The number of likely N-dealkylation sites (tertiary alicyclic amines) is 1. The second-order valence-corrected chi connectivity index (χ2v) is 8.14. The van der Waals surface area contributed by atoms with E-state index in [9.17, 15) is 14.0 Å². The molecule has 2 saturated heterocycles. The molecule has 3 aliphatic heterocycles. The molecule has 8 heteroatoms. The van der Waals surface area contributed by atoms with Gasteiger partial charge in [-0.1, -0.05) is 24.3 Å². The standard InChI is InChI=1S/C22H23FN4O3/c1-3-27-12-22-9-8-15(30-22)16(17(22)21(27)29)20(28)25-18(19-24-10-11-26(19)2)13-4-6-14(23)7-5-13/h4-11,15-18H,3,12H2,1-2H3,(H,25,28)/t15-,16+,17-,18+,22-/m1/s1. The number of hydrogen-bond donors (Lipinski definition) is 1. The van der Waals surface area contributed by atoms with Crippen LogP contribution in [-0.2, 0) is 21.4 Å². The van der Waals surface area contributed by atoms with E-state index >= 15 is 0 Å². The molecule has 4 heterocycles. The molecule has 0 radical (unpaired) electrons. The van der Waals surface area contributed by atoms with Gasteiger partial charge >= 0.3 is 0 Å². The minimum Gasteiger partial charge on any atom is -0.360 e. The highest BCUT2D eigenvalue weighted by Crippen LogP contribution is 2.51. The summed E-state index contributed by atoms with van der Waals surface area (Å²) in [5.41, 5.74) is -0.00438. The molecule has 7 nitrogen and oxygen atoms in total. The van der Waals surface area contributed by atoms with Gasteiger partial charge in [-0.05, 0) is 24.6 Å². The molecule has 2 bridgehead atoms. The molecule has 5 rings (SSSR count). The Bertz CT molecular complexity index is 1030. The number of amides is 2. The molecular formula is C22H23FN4O3. The number of aryl methyl sites for hydroxylation is 1. The molecule has 2 aromatic rings. The van der Waals surface area contributed by atoms with E-state index in [1.54, 1.807) is 29.4 Å². The summed E-state index contributed by atoms with van der Waals surface area (Å²) in [6, 6.07) is 5.40. The molecule has 1 aromatic carbocycles. The van der Waals surface area contributed by atoms with Crippen LogP contribution in [-0.4, -0.2) is 51.1 Å². The number of nitrogens with zero attached hydrogens (tertiary/aromatic N) is 3. The van der Waals surface area contributed by atoms with Crippen LogP contribution in [0.25, 0.3) is 0 Å². The third kappa shape index (κ3) is 2.70. The Morgan fingerprint density at radius 3 is 2.83 bits per heavy atom. The Labute approximate surface area is 173 Å². The van der Waals surface area contributed by atoms with Crippen LogP contribution in [0.3, 0.4) is 0 Å². The van der Waals surface area contributed by atoms with Crippen LogP contribution in [0.4, 0.5) is 4.39 Å². The zero-order valence-electron chi connectivity index (χ0n) is 16.8. The average Bonchev–Trinajstić information content (AvgIpc) is 3.48. The molecule has 1 spiro atoms. The summed E-state index contributed by atoms with van der Waals surface area (Å²) < 4.78 is 21.4. The van der Waals surface area contributed by atoms with Gasteiger partial charge in [0.25, 0.3) is 0 Å². The van der Waals surface area contributed by atoms with Crippen molar-refractivity contribution in [1.29, 1.82) is 0 Å². The molecular weight excluding hydrogens is 387 g/mol. The van der Waals surface area contributed by atoms with Crippen LogP contribution >= 0.6 is 0 Å². The zero-order valence-corrected chi connectivity index (χ0v) is 16.8. The van der Waals surface area contributed by atoms with E-state index in [0.717, 1.165) is 0 Å². The lowest BCUT2D eigenvalue weighted by Gasteiger charge is -2.26. The van der Waals surface area contributed by atoms with Crippen molar-refractivity contribution in [3.05, 3.63) is 66.0 Å². The van der Waals surface area contributed by atoms with Crippen LogP contribution in [0, 0.1) is 17.7 Å². The molecule has 1 aromatic heterocycles. The second-order valence-electron chi connectivity index (χ2n) is 8.14. The van der Waals surface area contributed by atoms with Crippen molar-refractivity contribution in [3.8, 4) is 0 Å². The number of carbonyl (C=O) groups is 2. The predicted octanol–water partition coefficient (Wildman–Crippen LogP) is 1.57. The topological polar surface area (TPSA) is 76.5 Å². The highest BCUT2D eigenvalue weighted by atomic mass is 19.1. The van der Waals surface area contributed by atoms with E-state index in [0.29, 0.717) is 24.5 Å². The summed E-state index contributed by atoms with van der Waals surface area (Å²) in [4.78, 5) is 32.6. The van der Waals surface area contributed by atoms with Crippen LogP contribution in [0.15, 0.2) is 48.8 Å². The quantitative estimate of drug-likeness (QED) is 0.760. The first-order chi connectivity index (χ1) is 14.4. The summed E-state index contributed by atoms with van der Waals surface area (Å²) in [5, 5.41) is 3.06. The monoisotopic (exact) mass is 410 g/mol. The van der Waals surface area contributed by atoms with Crippen LogP contribution in [0.1, 0.15) is 24.4 Å². The Morgan fingerprint density at radius 2 is 2.17 bits per heavy atom. The number of likely N-dealkylation sites (N-methyl/N-ethyl adjacent to an activating group) is 1. The molecule has 3 aliphatic rings. The number of nitrogens with one attached hydrogen (secondary N) is 1. The maximum atomic E-state index is 13.5.